The lowest BCUT2D eigenvalue weighted by molar-refractivity contribution is -0.140. The summed E-state index contributed by atoms with van der Waals surface area (Å²) in [4.78, 5) is 21.2. The first-order valence-electron chi connectivity index (χ1n) is 9.27. The summed E-state index contributed by atoms with van der Waals surface area (Å²) in [5.74, 6) is -0.191. The van der Waals surface area contributed by atoms with Crippen molar-refractivity contribution in [2.45, 2.75) is 38.0 Å². The maximum Gasteiger partial charge on any atom is 0.256 e. The molecule has 0 spiro atoms. The zero-order valence-corrected chi connectivity index (χ0v) is 15.3. The third-order valence-electron chi connectivity index (χ3n) is 5.12. The molecule has 138 valence electrons. The van der Waals surface area contributed by atoms with Gasteiger partial charge in [-0.15, -0.1) is 0 Å². The number of aromatic nitrogens is 1. The molecule has 3 rings (SSSR count). The van der Waals surface area contributed by atoms with Gasteiger partial charge in [-0.3, -0.25) is 14.7 Å². The molecule has 1 fully saturated rings. The van der Waals surface area contributed by atoms with Crippen LogP contribution in [-0.2, 0) is 11.3 Å². The van der Waals surface area contributed by atoms with Crippen LogP contribution in [-0.4, -0.2) is 52.0 Å². The van der Waals surface area contributed by atoms with Gasteiger partial charge in [-0.1, -0.05) is 36.4 Å². The predicted molar refractivity (Wildman–Crippen MR) is 101 cm³/mol. The topological polar surface area (TPSA) is 56.7 Å². The van der Waals surface area contributed by atoms with Crippen LogP contribution in [0.1, 0.15) is 36.6 Å². The Morgan fingerprint density at radius 1 is 1.19 bits per heavy atom. The SMILES string of the molecule is CN(Cc1ccccn1)[C@H]1CCCN(C(=O)[C@H](O)c2ccccc2)CC1. The number of rotatable bonds is 5. The highest BCUT2D eigenvalue weighted by atomic mass is 16.3. The summed E-state index contributed by atoms with van der Waals surface area (Å²) in [6.07, 6.45) is 3.66. The van der Waals surface area contributed by atoms with Crippen LogP contribution in [0.15, 0.2) is 54.7 Å². The summed E-state index contributed by atoms with van der Waals surface area (Å²) in [6, 6.07) is 15.6. The standard InChI is InChI=1S/C21H27N3O2/c1-23(16-18-10-5-6-13-22-18)19-11-7-14-24(15-12-19)21(26)20(25)17-8-3-2-4-9-17/h2-6,8-10,13,19-20,25H,7,11-12,14-16H2,1H3/t19-,20+/m0/s1. The molecule has 2 aromatic rings. The molecule has 1 aliphatic rings. The zero-order valence-electron chi connectivity index (χ0n) is 15.3. The number of hydrogen-bond acceptors (Lipinski definition) is 4. The number of benzene rings is 1. The molecule has 2 heterocycles. The molecule has 0 radical (unpaired) electrons. The Morgan fingerprint density at radius 3 is 2.69 bits per heavy atom. The van der Waals surface area contributed by atoms with Crippen LogP contribution >= 0.6 is 0 Å². The number of hydrogen-bond donors (Lipinski definition) is 1. The van der Waals surface area contributed by atoms with E-state index in [1.165, 1.54) is 0 Å². The third kappa shape index (κ3) is 4.68. The van der Waals surface area contributed by atoms with Crippen LogP contribution in [0.2, 0.25) is 0 Å². The van der Waals surface area contributed by atoms with E-state index in [1.54, 1.807) is 12.1 Å². The van der Waals surface area contributed by atoms with Gasteiger partial charge in [0.2, 0.25) is 0 Å². The zero-order chi connectivity index (χ0) is 18.4. The molecule has 1 amide bonds. The Bertz CT molecular complexity index is 693. The Kier molecular flexibility index (Phi) is 6.36. The van der Waals surface area contributed by atoms with Gasteiger partial charge in [-0.05, 0) is 44.0 Å². The minimum Gasteiger partial charge on any atom is -0.378 e. The number of nitrogens with zero attached hydrogens (tertiary/aromatic N) is 3. The molecule has 1 aliphatic heterocycles. The first-order valence-corrected chi connectivity index (χ1v) is 9.27. The number of pyridine rings is 1. The highest BCUT2D eigenvalue weighted by Gasteiger charge is 2.27. The number of aliphatic hydroxyl groups excluding tert-OH is 1. The maximum absolute atomic E-state index is 12.7. The molecular weight excluding hydrogens is 326 g/mol. The predicted octanol–water partition coefficient (Wildman–Crippen LogP) is 2.63. The number of carbonyl (C=O) groups is 1. The van der Waals surface area contributed by atoms with Gasteiger partial charge in [-0.25, -0.2) is 0 Å². The van der Waals surface area contributed by atoms with E-state index >= 15 is 0 Å². The fourth-order valence-electron chi connectivity index (χ4n) is 3.57. The van der Waals surface area contributed by atoms with Gasteiger partial charge in [0.05, 0.1) is 5.69 Å². The highest BCUT2D eigenvalue weighted by Crippen LogP contribution is 2.21. The second kappa shape index (κ2) is 8.92. The molecule has 5 nitrogen and oxygen atoms in total. The molecule has 2 atom stereocenters. The fraction of sp³-hybridized carbons (Fsp3) is 0.429. The van der Waals surface area contributed by atoms with Crippen LogP contribution in [0.25, 0.3) is 0 Å². The molecule has 1 aromatic heterocycles. The van der Waals surface area contributed by atoms with E-state index in [9.17, 15) is 9.90 Å². The summed E-state index contributed by atoms with van der Waals surface area (Å²) in [5, 5.41) is 10.4. The highest BCUT2D eigenvalue weighted by molar-refractivity contribution is 5.82. The van der Waals surface area contributed by atoms with Gasteiger partial charge < -0.3 is 10.0 Å². The number of aliphatic hydroxyl groups is 1. The van der Waals surface area contributed by atoms with Crippen LogP contribution in [0.3, 0.4) is 0 Å². The maximum atomic E-state index is 12.7. The number of likely N-dealkylation sites (tertiary alicyclic amines) is 1. The Labute approximate surface area is 155 Å². The first-order chi connectivity index (χ1) is 12.6. The van der Waals surface area contributed by atoms with Gasteiger partial charge in [0, 0.05) is 31.9 Å². The Morgan fingerprint density at radius 2 is 1.96 bits per heavy atom. The van der Waals surface area contributed by atoms with Crippen molar-refractivity contribution in [3.8, 4) is 0 Å². The summed E-state index contributed by atoms with van der Waals surface area (Å²) < 4.78 is 0. The van der Waals surface area contributed by atoms with E-state index in [0.717, 1.165) is 31.5 Å². The molecule has 1 saturated heterocycles. The third-order valence-corrected chi connectivity index (χ3v) is 5.12. The van der Waals surface area contributed by atoms with Crippen LogP contribution in [0.4, 0.5) is 0 Å². The van der Waals surface area contributed by atoms with Crippen molar-refractivity contribution < 1.29 is 9.90 Å². The van der Waals surface area contributed by atoms with Crippen molar-refractivity contribution in [1.29, 1.82) is 0 Å². The molecule has 1 aromatic carbocycles. The second-order valence-electron chi connectivity index (χ2n) is 6.96. The molecule has 26 heavy (non-hydrogen) atoms. The number of amides is 1. The van der Waals surface area contributed by atoms with Gasteiger partial charge in [0.25, 0.3) is 5.91 Å². The summed E-state index contributed by atoms with van der Waals surface area (Å²) in [6.45, 7) is 2.20. The van der Waals surface area contributed by atoms with Crippen LogP contribution in [0.5, 0.6) is 0 Å². The average Bonchev–Trinajstić information content (AvgIpc) is 2.94. The molecule has 0 bridgehead atoms. The quantitative estimate of drug-likeness (QED) is 0.898. The van der Waals surface area contributed by atoms with E-state index in [-0.39, 0.29) is 5.91 Å². The lowest BCUT2D eigenvalue weighted by Crippen LogP contribution is -2.37. The number of carbonyl (C=O) groups excluding carboxylic acids is 1. The summed E-state index contributed by atoms with van der Waals surface area (Å²) in [7, 11) is 2.12. The summed E-state index contributed by atoms with van der Waals surface area (Å²) in [5.41, 5.74) is 1.72. The van der Waals surface area contributed by atoms with Gasteiger partial charge in [0.15, 0.2) is 6.10 Å². The summed E-state index contributed by atoms with van der Waals surface area (Å²) >= 11 is 0. The lowest BCUT2D eigenvalue weighted by atomic mass is 10.1. The minimum atomic E-state index is -1.07. The van der Waals surface area contributed by atoms with E-state index < -0.39 is 6.10 Å². The van der Waals surface area contributed by atoms with E-state index in [2.05, 4.69) is 16.9 Å². The van der Waals surface area contributed by atoms with E-state index in [4.69, 9.17) is 0 Å². The first kappa shape index (κ1) is 18.5. The van der Waals surface area contributed by atoms with Gasteiger partial charge in [0.1, 0.15) is 0 Å². The van der Waals surface area contributed by atoms with E-state index in [1.807, 2.05) is 47.5 Å². The van der Waals surface area contributed by atoms with Crippen molar-refractivity contribution in [1.82, 2.24) is 14.8 Å². The van der Waals surface area contributed by atoms with Crippen molar-refractivity contribution >= 4 is 5.91 Å². The van der Waals surface area contributed by atoms with E-state index in [0.29, 0.717) is 24.7 Å². The van der Waals surface area contributed by atoms with Crippen molar-refractivity contribution in [2.75, 3.05) is 20.1 Å². The Balaban J connectivity index is 1.56. The van der Waals surface area contributed by atoms with Crippen molar-refractivity contribution in [3.63, 3.8) is 0 Å². The molecule has 0 aliphatic carbocycles. The smallest absolute Gasteiger partial charge is 0.256 e. The lowest BCUT2D eigenvalue weighted by Gasteiger charge is -2.27. The molecular formula is C21H27N3O2. The van der Waals surface area contributed by atoms with Crippen molar-refractivity contribution in [3.05, 3.63) is 66.0 Å². The molecule has 5 heteroatoms. The van der Waals surface area contributed by atoms with Gasteiger partial charge >= 0.3 is 0 Å². The van der Waals surface area contributed by atoms with Crippen molar-refractivity contribution in [2.24, 2.45) is 0 Å². The molecule has 0 unspecified atom stereocenters. The van der Waals surface area contributed by atoms with Crippen LogP contribution < -0.4 is 0 Å². The second-order valence-corrected chi connectivity index (χ2v) is 6.96. The normalized spacial score (nSPS) is 19.2. The monoisotopic (exact) mass is 353 g/mol. The molecule has 1 N–H and O–H groups in total. The van der Waals surface area contributed by atoms with Gasteiger partial charge in [-0.2, -0.15) is 0 Å². The van der Waals surface area contributed by atoms with Crippen LogP contribution in [0, 0.1) is 0 Å². The molecule has 0 saturated carbocycles. The largest absolute Gasteiger partial charge is 0.378 e. The fourth-order valence-corrected chi connectivity index (χ4v) is 3.57. The average molecular weight is 353 g/mol. The minimum absolute atomic E-state index is 0.191. The Hall–Kier alpha value is -2.24.